The molecule has 0 radical (unpaired) electrons. The van der Waals surface area contributed by atoms with E-state index in [0.29, 0.717) is 12.1 Å². The van der Waals surface area contributed by atoms with E-state index in [1.165, 1.54) is 49.9 Å². The summed E-state index contributed by atoms with van der Waals surface area (Å²) in [4.78, 5) is 11.6. The number of hydrogen-bond donors (Lipinski definition) is 2. The Balaban J connectivity index is 0.000000178. The third-order valence-corrected chi connectivity index (χ3v) is 8.32. The Kier molecular flexibility index (Phi) is 10.6. The van der Waals surface area contributed by atoms with Crippen LogP contribution in [0.15, 0.2) is 49.1 Å². The molecule has 0 spiro atoms. The van der Waals surface area contributed by atoms with Crippen molar-refractivity contribution >= 4 is 0 Å². The number of aromatic nitrogens is 2. The Bertz CT molecular complexity index is 969. The molecule has 0 bridgehead atoms. The van der Waals surface area contributed by atoms with Gasteiger partial charge in [0.05, 0.1) is 27.2 Å². The summed E-state index contributed by atoms with van der Waals surface area (Å²) in [5.74, 6) is 0. The third kappa shape index (κ3) is 10.4. The third-order valence-electron chi connectivity index (χ3n) is 5.66. The molecule has 2 aromatic heterocycles. The molecule has 2 N–H and O–H groups in total. The van der Waals surface area contributed by atoms with Gasteiger partial charge in [0, 0.05) is 61.6 Å². The van der Waals surface area contributed by atoms with Gasteiger partial charge in [0.1, 0.15) is 12.1 Å². The van der Waals surface area contributed by atoms with E-state index < -0.39 is 27.2 Å². The van der Waals surface area contributed by atoms with Gasteiger partial charge < -0.3 is 9.80 Å². The van der Waals surface area contributed by atoms with Crippen LogP contribution >= 0.6 is 0 Å². The van der Waals surface area contributed by atoms with Gasteiger partial charge in [0.25, 0.3) is 0 Å². The van der Waals surface area contributed by atoms with E-state index in [0.717, 1.165) is 0 Å². The van der Waals surface area contributed by atoms with Crippen molar-refractivity contribution in [3.05, 3.63) is 60.2 Å². The van der Waals surface area contributed by atoms with Crippen molar-refractivity contribution in [1.29, 1.82) is 0 Å². The molecule has 184 valence electrons. The van der Waals surface area contributed by atoms with Crippen molar-refractivity contribution in [2.45, 2.75) is 37.8 Å². The van der Waals surface area contributed by atoms with E-state index in [-0.39, 0.29) is 0 Å². The van der Waals surface area contributed by atoms with Crippen molar-refractivity contribution in [3.63, 3.8) is 0 Å². The summed E-state index contributed by atoms with van der Waals surface area (Å²) in [6.07, 6.45) is 13.0. The van der Waals surface area contributed by atoms with Crippen LogP contribution in [-0.2, 0) is 45.3 Å². The molecule has 2 aliphatic rings. The van der Waals surface area contributed by atoms with Crippen LogP contribution in [0.5, 0.6) is 0 Å². The van der Waals surface area contributed by atoms with Crippen LogP contribution in [-0.4, -0.2) is 37.2 Å². The normalized spacial score (nSPS) is 24.8. The Morgan fingerprint density at radius 2 is 1.21 bits per heavy atom. The number of hydrogen-bond acceptors (Lipinski definition) is 9. The van der Waals surface area contributed by atoms with Crippen molar-refractivity contribution in [1.82, 2.24) is 9.97 Å². The molecule has 4 heterocycles. The van der Waals surface area contributed by atoms with E-state index in [1.807, 2.05) is 36.9 Å². The van der Waals surface area contributed by atoms with E-state index in [4.69, 9.17) is 0 Å². The van der Waals surface area contributed by atoms with Gasteiger partial charge in [-0.3, -0.25) is 9.97 Å². The quantitative estimate of drug-likeness (QED) is 0.443. The molecule has 2 aromatic rings. The second-order valence-electron chi connectivity index (χ2n) is 8.04. The van der Waals surface area contributed by atoms with E-state index in [2.05, 4.69) is 39.0 Å². The molecule has 4 atom stereocenters. The maximum absolute atomic E-state index is 9.38. The molecule has 2 fully saturated rings. The first-order valence-corrected chi connectivity index (χ1v) is 14.7. The van der Waals surface area contributed by atoms with Gasteiger partial charge in [-0.05, 0) is 12.1 Å². The molecular formula is C20H30Cr2N4O7. The zero-order chi connectivity index (χ0) is 24.5. The van der Waals surface area contributed by atoms with E-state index in [9.17, 15) is 23.5 Å². The fourth-order valence-electron chi connectivity index (χ4n) is 4.18. The van der Waals surface area contributed by atoms with Crippen LogP contribution in [0.3, 0.4) is 0 Å². The Labute approximate surface area is 198 Å². The zero-order valence-corrected chi connectivity index (χ0v) is 21.1. The number of nitrogens with one attached hydrogen (secondary N) is 2. The molecule has 13 heteroatoms. The summed E-state index contributed by atoms with van der Waals surface area (Å²) in [5, 5.41) is 0. The average Bonchev–Trinajstić information content (AvgIpc) is 3.35. The summed E-state index contributed by atoms with van der Waals surface area (Å²) >= 11 is -12.1. The van der Waals surface area contributed by atoms with Gasteiger partial charge in [-0.25, -0.2) is 0 Å². The van der Waals surface area contributed by atoms with Gasteiger partial charge in [0.15, 0.2) is 0 Å². The van der Waals surface area contributed by atoms with Gasteiger partial charge in [-0.15, -0.1) is 0 Å². The summed E-state index contributed by atoms with van der Waals surface area (Å²) in [7, 11) is 4.54. The first-order valence-electron chi connectivity index (χ1n) is 10.5. The van der Waals surface area contributed by atoms with Crippen LogP contribution in [0.25, 0.3) is 0 Å². The van der Waals surface area contributed by atoms with Crippen molar-refractivity contribution in [2.24, 2.45) is 0 Å². The monoisotopic (exact) mass is 542 g/mol. The van der Waals surface area contributed by atoms with Crippen LogP contribution < -0.4 is 18.1 Å². The molecule has 0 aliphatic carbocycles. The SMILES string of the molecule is C[NH+]1CCCC1c1cccnc1.C[NH+]1CCCC1c1cccnc1.[O]=[Cr](=[O])([O-])[O][Cr](=[O])(=[O])[O-]. The molecular weight excluding hydrogens is 512 g/mol. The molecule has 2 aliphatic heterocycles. The van der Waals surface area contributed by atoms with Crippen LogP contribution in [0.1, 0.15) is 48.9 Å². The summed E-state index contributed by atoms with van der Waals surface area (Å²) in [6, 6.07) is 9.82. The fraction of sp³-hybridized carbons (Fsp3) is 0.500. The molecule has 0 saturated carbocycles. The predicted molar refractivity (Wildman–Crippen MR) is 99.8 cm³/mol. The van der Waals surface area contributed by atoms with Crippen molar-refractivity contribution < 1.29 is 63.4 Å². The number of pyridine rings is 2. The number of likely N-dealkylation sites (tertiary alicyclic amines) is 2. The Morgan fingerprint density at radius 1 is 0.818 bits per heavy atom. The second kappa shape index (κ2) is 12.7. The molecule has 4 unspecified atom stereocenters. The Morgan fingerprint density at radius 3 is 1.42 bits per heavy atom. The number of nitrogens with zero attached hydrogens (tertiary/aromatic N) is 2. The van der Waals surface area contributed by atoms with Crippen LogP contribution in [0.4, 0.5) is 0 Å². The van der Waals surface area contributed by atoms with Crippen LogP contribution in [0.2, 0.25) is 0 Å². The molecule has 0 amide bonds. The molecule has 11 nitrogen and oxygen atoms in total. The summed E-state index contributed by atoms with van der Waals surface area (Å²) in [6.45, 7) is 2.61. The van der Waals surface area contributed by atoms with Gasteiger partial charge in [-0.1, -0.05) is 12.1 Å². The Hall–Kier alpha value is -1.64. The summed E-state index contributed by atoms with van der Waals surface area (Å²) in [5.41, 5.74) is 2.79. The second-order valence-corrected chi connectivity index (χ2v) is 11.7. The van der Waals surface area contributed by atoms with E-state index in [1.54, 1.807) is 9.80 Å². The van der Waals surface area contributed by atoms with Crippen molar-refractivity contribution in [2.75, 3.05) is 27.2 Å². The zero-order valence-electron chi connectivity index (χ0n) is 18.6. The first kappa shape index (κ1) is 27.6. The van der Waals surface area contributed by atoms with Crippen LogP contribution in [0, 0.1) is 0 Å². The van der Waals surface area contributed by atoms with Gasteiger partial charge >= 0.3 is 53.6 Å². The van der Waals surface area contributed by atoms with E-state index >= 15 is 0 Å². The number of rotatable bonds is 4. The molecule has 33 heavy (non-hydrogen) atoms. The number of quaternary nitrogens is 2. The van der Waals surface area contributed by atoms with Crippen molar-refractivity contribution in [3.8, 4) is 0 Å². The molecule has 0 aromatic carbocycles. The van der Waals surface area contributed by atoms with Gasteiger partial charge in [-0.2, -0.15) is 0 Å². The minimum atomic E-state index is -6.07. The average molecular weight is 542 g/mol. The predicted octanol–water partition coefficient (Wildman–Crippen LogP) is -2.06. The molecule has 2 saturated heterocycles. The fourth-order valence-corrected chi connectivity index (χ4v) is 5.81. The minimum absolute atomic E-state index is 0.693. The summed E-state index contributed by atoms with van der Waals surface area (Å²) < 4.78 is 58.9. The topological polar surface area (TPSA) is 158 Å². The van der Waals surface area contributed by atoms with Gasteiger partial charge in [0.2, 0.25) is 0 Å². The first-order chi connectivity index (χ1) is 15.5. The maximum atomic E-state index is 9.38. The molecule has 4 rings (SSSR count). The standard InChI is InChI=1S/2C10H14N2.2Cr.7O/c2*1-12-7-3-5-10(12)9-4-2-6-11-8-9;;;;;;;;;/h2*2,4,6,8,10H,3,5,7H2,1H3;;;;;;;;;/q;;;;;;;;;2*-1/p+2.